The van der Waals surface area contributed by atoms with Crippen molar-refractivity contribution in [3.63, 3.8) is 0 Å². The lowest BCUT2D eigenvalue weighted by Gasteiger charge is -2.12. The Morgan fingerprint density at radius 3 is 2.71 bits per heavy atom. The Morgan fingerprint density at radius 2 is 2.08 bits per heavy atom. The quantitative estimate of drug-likeness (QED) is 0.857. The fourth-order valence-electron chi connectivity index (χ4n) is 1.80. The summed E-state index contributed by atoms with van der Waals surface area (Å²) in [6.07, 6.45) is -4.46. The summed E-state index contributed by atoms with van der Waals surface area (Å²) in [7, 11) is 1.32. The van der Waals surface area contributed by atoms with Gasteiger partial charge in [-0.15, -0.1) is 11.3 Å². The summed E-state index contributed by atoms with van der Waals surface area (Å²) in [4.78, 5) is 27.5. The first-order valence-corrected chi connectivity index (χ1v) is 7.42. The average molecular weight is 359 g/mol. The van der Waals surface area contributed by atoms with Crippen LogP contribution in [0.25, 0.3) is 0 Å². The fourth-order valence-corrected chi connectivity index (χ4v) is 2.50. The number of nitrogens with one attached hydrogen (secondary N) is 1. The Labute approximate surface area is 138 Å². The Kier molecular flexibility index (Phi) is 5.07. The van der Waals surface area contributed by atoms with Crippen LogP contribution in [0.5, 0.6) is 0 Å². The van der Waals surface area contributed by atoms with Crippen molar-refractivity contribution in [1.82, 2.24) is 9.88 Å². The summed E-state index contributed by atoms with van der Waals surface area (Å²) in [5.41, 5.74) is -0.614. The van der Waals surface area contributed by atoms with Gasteiger partial charge in [-0.05, 0) is 18.2 Å². The standard InChI is InChI=1S/C14H12F3N3O3S/c1-20(6-11(21)22)12(23)10-7-24-13(19-10)18-9-4-2-3-8(5-9)14(15,16)17/h2-5,7H,6H2,1H3,(H,18,19)(H,21,22). The largest absolute Gasteiger partial charge is 0.480 e. The predicted octanol–water partition coefficient (Wildman–Crippen LogP) is 3.06. The van der Waals surface area contributed by atoms with E-state index in [1.54, 1.807) is 0 Å². The Bertz CT molecular complexity index is 761. The SMILES string of the molecule is CN(CC(=O)O)C(=O)c1csc(Nc2cccc(C(F)(F)F)c2)n1. The lowest BCUT2D eigenvalue weighted by Crippen LogP contribution is -2.32. The van der Waals surface area contributed by atoms with E-state index in [1.165, 1.54) is 24.6 Å². The van der Waals surface area contributed by atoms with Gasteiger partial charge in [-0.3, -0.25) is 9.59 Å². The third-order valence-electron chi connectivity index (χ3n) is 2.88. The molecule has 6 nitrogen and oxygen atoms in total. The molecule has 24 heavy (non-hydrogen) atoms. The molecule has 0 radical (unpaired) electrons. The summed E-state index contributed by atoms with van der Waals surface area (Å²) in [5.74, 6) is -1.76. The van der Waals surface area contributed by atoms with Crippen LogP contribution >= 0.6 is 11.3 Å². The summed E-state index contributed by atoms with van der Waals surface area (Å²) in [6, 6.07) is 4.57. The van der Waals surface area contributed by atoms with Crippen LogP contribution in [0.4, 0.5) is 24.0 Å². The second-order valence-corrected chi connectivity index (χ2v) is 5.65. The molecule has 2 N–H and O–H groups in total. The van der Waals surface area contributed by atoms with Crippen molar-refractivity contribution < 1.29 is 27.9 Å². The molecule has 0 spiro atoms. The summed E-state index contributed by atoms with van der Waals surface area (Å²) < 4.78 is 38.0. The monoisotopic (exact) mass is 359 g/mol. The predicted molar refractivity (Wildman–Crippen MR) is 81.4 cm³/mol. The second kappa shape index (κ2) is 6.87. The Balaban J connectivity index is 2.12. The zero-order valence-electron chi connectivity index (χ0n) is 12.3. The number of halogens is 3. The molecule has 1 aromatic heterocycles. The number of aliphatic carboxylic acids is 1. The number of carbonyl (C=O) groups excluding carboxylic acids is 1. The van der Waals surface area contributed by atoms with Crippen LogP contribution in [-0.4, -0.2) is 40.5 Å². The number of hydrogen-bond acceptors (Lipinski definition) is 5. The van der Waals surface area contributed by atoms with Crippen LogP contribution in [0.2, 0.25) is 0 Å². The van der Waals surface area contributed by atoms with Crippen LogP contribution in [0, 0.1) is 0 Å². The number of carboxylic acids is 1. The highest BCUT2D eigenvalue weighted by molar-refractivity contribution is 7.14. The van der Waals surface area contributed by atoms with Gasteiger partial charge in [-0.25, -0.2) is 4.98 Å². The molecule has 0 aliphatic rings. The number of amides is 1. The Hall–Kier alpha value is -2.62. The summed E-state index contributed by atoms with van der Waals surface area (Å²) >= 11 is 1.02. The minimum atomic E-state index is -4.46. The second-order valence-electron chi connectivity index (χ2n) is 4.80. The number of hydrogen-bond donors (Lipinski definition) is 2. The van der Waals surface area contributed by atoms with Gasteiger partial charge in [0, 0.05) is 18.1 Å². The highest BCUT2D eigenvalue weighted by Crippen LogP contribution is 2.31. The molecule has 1 amide bonds. The molecule has 0 fully saturated rings. The van der Waals surface area contributed by atoms with Crippen molar-refractivity contribution in [1.29, 1.82) is 0 Å². The number of carboxylic acid groups (broad SMARTS) is 1. The van der Waals surface area contributed by atoms with E-state index in [4.69, 9.17) is 5.11 Å². The molecule has 0 aliphatic heterocycles. The number of benzene rings is 1. The van der Waals surface area contributed by atoms with Crippen LogP contribution in [0.3, 0.4) is 0 Å². The molecular weight excluding hydrogens is 347 g/mol. The van der Waals surface area contributed by atoms with Crippen molar-refractivity contribution in [3.05, 3.63) is 40.9 Å². The zero-order valence-corrected chi connectivity index (χ0v) is 13.1. The van der Waals surface area contributed by atoms with Crippen LogP contribution < -0.4 is 5.32 Å². The molecular formula is C14H12F3N3O3S. The van der Waals surface area contributed by atoms with Gasteiger partial charge in [-0.1, -0.05) is 6.07 Å². The first-order valence-electron chi connectivity index (χ1n) is 6.54. The molecule has 0 saturated heterocycles. The van der Waals surface area contributed by atoms with Crippen molar-refractivity contribution in [2.75, 3.05) is 18.9 Å². The van der Waals surface area contributed by atoms with Gasteiger partial charge in [0.1, 0.15) is 12.2 Å². The van der Waals surface area contributed by atoms with E-state index in [-0.39, 0.29) is 16.5 Å². The van der Waals surface area contributed by atoms with Crippen LogP contribution in [0.15, 0.2) is 29.6 Å². The average Bonchev–Trinajstić information content (AvgIpc) is 2.93. The van der Waals surface area contributed by atoms with E-state index in [0.717, 1.165) is 28.4 Å². The summed E-state index contributed by atoms with van der Waals surface area (Å²) in [5, 5.41) is 13.0. The normalized spacial score (nSPS) is 11.2. The highest BCUT2D eigenvalue weighted by atomic mass is 32.1. The third-order valence-corrected chi connectivity index (χ3v) is 3.64. The molecule has 128 valence electrons. The molecule has 0 saturated carbocycles. The van der Waals surface area contributed by atoms with E-state index in [2.05, 4.69) is 10.3 Å². The van der Waals surface area contributed by atoms with Gasteiger partial charge in [-0.2, -0.15) is 13.2 Å². The first-order chi connectivity index (χ1) is 11.2. The van der Waals surface area contributed by atoms with Crippen molar-refractivity contribution in [3.8, 4) is 0 Å². The number of likely N-dealkylation sites (N-methyl/N-ethyl adjacent to an activating group) is 1. The fraction of sp³-hybridized carbons (Fsp3) is 0.214. The molecule has 2 aromatic rings. The molecule has 0 aliphatic carbocycles. The van der Waals surface area contributed by atoms with Crippen LogP contribution in [-0.2, 0) is 11.0 Å². The lowest BCUT2D eigenvalue weighted by atomic mass is 10.2. The van der Waals surface area contributed by atoms with E-state index in [9.17, 15) is 22.8 Å². The van der Waals surface area contributed by atoms with E-state index in [0.29, 0.717) is 0 Å². The van der Waals surface area contributed by atoms with Crippen molar-refractivity contribution >= 4 is 34.0 Å². The molecule has 1 aromatic carbocycles. The van der Waals surface area contributed by atoms with Crippen molar-refractivity contribution in [2.24, 2.45) is 0 Å². The first kappa shape index (κ1) is 17.7. The maximum absolute atomic E-state index is 12.7. The van der Waals surface area contributed by atoms with Gasteiger partial charge in [0.15, 0.2) is 5.13 Å². The number of aromatic nitrogens is 1. The highest BCUT2D eigenvalue weighted by Gasteiger charge is 2.30. The van der Waals surface area contributed by atoms with Gasteiger partial charge < -0.3 is 15.3 Å². The third kappa shape index (κ3) is 4.44. The van der Waals surface area contributed by atoms with E-state index >= 15 is 0 Å². The molecule has 0 bridgehead atoms. The molecule has 1 heterocycles. The van der Waals surface area contributed by atoms with Gasteiger partial charge in [0.2, 0.25) is 0 Å². The van der Waals surface area contributed by atoms with Gasteiger partial charge >= 0.3 is 12.1 Å². The number of alkyl halides is 3. The van der Waals surface area contributed by atoms with E-state index in [1.807, 2.05) is 0 Å². The van der Waals surface area contributed by atoms with E-state index < -0.39 is 30.2 Å². The van der Waals surface area contributed by atoms with Crippen molar-refractivity contribution in [2.45, 2.75) is 6.18 Å². The molecule has 10 heteroatoms. The lowest BCUT2D eigenvalue weighted by molar-refractivity contribution is -0.138. The number of rotatable bonds is 5. The maximum Gasteiger partial charge on any atom is 0.416 e. The van der Waals surface area contributed by atoms with Crippen LogP contribution in [0.1, 0.15) is 16.1 Å². The smallest absolute Gasteiger partial charge is 0.416 e. The molecule has 0 unspecified atom stereocenters. The number of nitrogens with zero attached hydrogens (tertiary/aromatic N) is 2. The number of carbonyl (C=O) groups is 2. The topological polar surface area (TPSA) is 82.5 Å². The van der Waals surface area contributed by atoms with Gasteiger partial charge in [0.25, 0.3) is 5.91 Å². The minimum absolute atomic E-state index is 0.0122. The number of thiazole rings is 1. The number of anilines is 2. The summed E-state index contributed by atoms with van der Waals surface area (Å²) in [6.45, 7) is -0.479. The molecule has 2 rings (SSSR count). The zero-order chi connectivity index (χ0) is 17.9. The minimum Gasteiger partial charge on any atom is -0.480 e. The maximum atomic E-state index is 12.7. The van der Waals surface area contributed by atoms with Gasteiger partial charge in [0.05, 0.1) is 5.56 Å². The Morgan fingerprint density at radius 1 is 1.38 bits per heavy atom. The molecule has 0 atom stereocenters.